The molecule has 0 spiro atoms. The highest BCUT2D eigenvalue weighted by Gasteiger charge is 2.24. The van der Waals surface area contributed by atoms with Crippen molar-refractivity contribution < 1.29 is 37.9 Å². The minimum Gasteiger partial charge on any atom is -0.379 e. The highest BCUT2D eigenvalue weighted by atomic mass is 16.6. The van der Waals surface area contributed by atoms with Crippen molar-refractivity contribution in [3.05, 3.63) is 0 Å². The standard InChI is InChI=1S/C10H20O4.2C6H12.2C5H10O2/c1-3-11-5-9(6-12-4-2)13-7-10-8-14-10;2*1-2-4-6-5-3-1;2*1-2-6-3-5-4-7-5/h9-10H,3-8H2,1-2H3;2*1-6H2;2*5H,2-4H2,1H3. The molecule has 240 valence electrons. The first-order valence-corrected chi connectivity index (χ1v) is 16.5. The van der Waals surface area contributed by atoms with Crippen molar-refractivity contribution >= 4 is 0 Å². The average Bonchev–Trinajstić information content (AvgIpc) is 3.85. The van der Waals surface area contributed by atoms with Gasteiger partial charge >= 0.3 is 0 Å². The SMILES string of the molecule is C1CCCCC1.C1CCCCC1.CCOCC(COCC)OCC1CO1.CCOCC1CO1.CCOCC1CO1. The van der Waals surface area contributed by atoms with E-state index in [1.54, 1.807) is 0 Å². The lowest BCUT2D eigenvalue weighted by Gasteiger charge is -2.16. The van der Waals surface area contributed by atoms with Crippen LogP contribution in [0.5, 0.6) is 0 Å². The van der Waals surface area contributed by atoms with E-state index < -0.39 is 0 Å². The Morgan fingerprint density at radius 1 is 0.450 bits per heavy atom. The zero-order chi connectivity index (χ0) is 28.9. The van der Waals surface area contributed by atoms with Crippen molar-refractivity contribution in [2.24, 2.45) is 0 Å². The van der Waals surface area contributed by atoms with Gasteiger partial charge < -0.3 is 37.9 Å². The number of hydrogen-bond donors (Lipinski definition) is 0. The van der Waals surface area contributed by atoms with Gasteiger partial charge in [0.05, 0.1) is 52.9 Å². The molecule has 8 nitrogen and oxygen atoms in total. The minimum atomic E-state index is 0.0408. The summed E-state index contributed by atoms with van der Waals surface area (Å²) in [7, 11) is 0. The summed E-state index contributed by atoms with van der Waals surface area (Å²) in [5.41, 5.74) is 0. The maximum absolute atomic E-state index is 5.60. The van der Waals surface area contributed by atoms with E-state index >= 15 is 0 Å². The zero-order valence-corrected chi connectivity index (χ0v) is 26.5. The quantitative estimate of drug-likeness (QED) is 0.208. The van der Waals surface area contributed by atoms with Gasteiger partial charge in [0.2, 0.25) is 0 Å². The third-order valence-electron chi connectivity index (χ3n) is 6.76. The van der Waals surface area contributed by atoms with Gasteiger partial charge in [-0.1, -0.05) is 77.0 Å². The molecule has 8 heteroatoms. The summed E-state index contributed by atoms with van der Waals surface area (Å²) < 4.78 is 41.1. The molecule has 3 unspecified atom stereocenters. The van der Waals surface area contributed by atoms with Gasteiger partial charge in [-0.3, -0.25) is 0 Å². The van der Waals surface area contributed by atoms with Crippen molar-refractivity contribution in [1.29, 1.82) is 0 Å². The summed E-state index contributed by atoms with van der Waals surface area (Å²) in [5.74, 6) is 0. The van der Waals surface area contributed by atoms with Crippen molar-refractivity contribution in [2.45, 2.75) is 129 Å². The van der Waals surface area contributed by atoms with Crippen LogP contribution < -0.4 is 0 Å². The fraction of sp³-hybridized carbons (Fsp3) is 1.00. The first-order chi connectivity index (χ1) is 19.7. The van der Waals surface area contributed by atoms with Gasteiger partial charge in [-0.2, -0.15) is 0 Å². The Labute approximate surface area is 246 Å². The fourth-order valence-corrected chi connectivity index (χ4v) is 4.00. The predicted octanol–water partition coefficient (Wildman–Crippen LogP) is 6.37. The molecule has 2 saturated carbocycles. The highest BCUT2D eigenvalue weighted by molar-refractivity contribution is 4.69. The summed E-state index contributed by atoms with van der Waals surface area (Å²) in [6.07, 6.45) is 19.2. The third-order valence-corrected chi connectivity index (χ3v) is 6.76. The zero-order valence-electron chi connectivity index (χ0n) is 26.5. The Bertz CT molecular complexity index is 430. The van der Waals surface area contributed by atoms with E-state index in [1.807, 2.05) is 27.7 Å². The third kappa shape index (κ3) is 29.2. The van der Waals surface area contributed by atoms with Crippen LogP contribution in [0.4, 0.5) is 0 Å². The molecular formula is C32H64O8. The molecule has 0 aromatic carbocycles. The summed E-state index contributed by atoms with van der Waals surface area (Å²) in [4.78, 5) is 0. The van der Waals surface area contributed by atoms with E-state index in [0.29, 0.717) is 51.3 Å². The summed E-state index contributed by atoms with van der Waals surface area (Å²) in [5, 5.41) is 0. The van der Waals surface area contributed by atoms with Crippen LogP contribution in [-0.4, -0.2) is 104 Å². The molecule has 5 rings (SSSR count). The Morgan fingerprint density at radius 2 is 0.725 bits per heavy atom. The lowest BCUT2D eigenvalue weighted by Crippen LogP contribution is -2.27. The van der Waals surface area contributed by atoms with Crippen LogP contribution in [-0.2, 0) is 37.9 Å². The number of epoxide rings is 3. The molecule has 0 aromatic rings. The van der Waals surface area contributed by atoms with Crippen LogP contribution in [0.25, 0.3) is 0 Å². The van der Waals surface area contributed by atoms with Gasteiger partial charge in [0, 0.05) is 26.4 Å². The molecule has 3 saturated heterocycles. The molecule has 0 amide bonds. The first-order valence-electron chi connectivity index (χ1n) is 16.5. The minimum absolute atomic E-state index is 0.0408. The topological polar surface area (TPSA) is 83.7 Å². The second-order valence-electron chi connectivity index (χ2n) is 10.7. The Hall–Kier alpha value is -0.320. The van der Waals surface area contributed by atoms with E-state index in [2.05, 4.69) is 0 Å². The van der Waals surface area contributed by atoms with Crippen molar-refractivity contribution in [1.82, 2.24) is 0 Å². The first kappa shape index (κ1) is 37.7. The van der Waals surface area contributed by atoms with E-state index in [9.17, 15) is 0 Å². The van der Waals surface area contributed by atoms with Gasteiger partial charge in [-0.25, -0.2) is 0 Å². The highest BCUT2D eigenvalue weighted by Crippen LogP contribution is 2.16. The van der Waals surface area contributed by atoms with Gasteiger partial charge in [-0.05, 0) is 27.7 Å². The monoisotopic (exact) mass is 576 g/mol. The van der Waals surface area contributed by atoms with E-state index in [1.165, 1.54) is 77.0 Å². The maximum Gasteiger partial charge on any atom is 0.104 e. The van der Waals surface area contributed by atoms with E-state index in [4.69, 9.17) is 37.9 Å². The second kappa shape index (κ2) is 28.8. The number of hydrogen-bond acceptors (Lipinski definition) is 8. The molecule has 5 fully saturated rings. The van der Waals surface area contributed by atoms with Crippen LogP contribution in [0.1, 0.15) is 105 Å². The lowest BCUT2D eigenvalue weighted by atomic mass is 10.0. The Morgan fingerprint density at radius 3 is 0.975 bits per heavy atom. The van der Waals surface area contributed by atoms with Crippen LogP contribution in [0, 0.1) is 0 Å². The van der Waals surface area contributed by atoms with Crippen LogP contribution in [0.15, 0.2) is 0 Å². The molecule has 5 aliphatic rings. The lowest BCUT2D eigenvalue weighted by molar-refractivity contribution is -0.0596. The van der Waals surface area contributed by atoms with Crippen molar-refractivity contribution in [3.8, 4) is 0 Å². The van der Waals surface area contributed by atoms with Gasteiger partial charge in [0.15, 0.2) is 0 Å². The van der Waals surface area contributed by atoms with Crippen molar-refractivity contribution in [3.63, 3.8) is 0 Å². The molecule has 0 N–H and O–H groups in total. The van der Waals surface area contributed by atoms with Gasteiger partial charge in [0.25, 0.3) is 0 Å². The molecule has 2 aliphatic carbocycles. The summed E-state index contributed by atoms with van der Waals surface area (Å²) in [6, 6.07) is 0. The normalized spacial score (nSPS) is 24.1. The smallest absolute Gasteiger partial charge is 0.104 e. The van der Waals surface area contributed by atoms with E-state index in [0.717, 1.165) is 46.2 Å². The number of rotatable bonds is 15. The number of ether oxygens (including phenoxy) is 8. The summed E-state index contributed by atoms with van der Waals surface area (Å²) >= 11 is 0. The average molecular weight is 577 g/mol. The Balaban J connectivity index is 0.000000263. The van der Waals surface area contributed by atoms with Crippen LogP contribution >= 0.6 is 0 Å². The van der Waals surface area contributed by atoms with Crippen LogP contribution in [0.2, 0.25) is 0 Å². The van der Waals surface area contributed by atoms with Gasteiger partial charge in [-0.15, -0.1) is 0 Å². The van der Waals surface area contributed by atoms with Crippen molar-refractivity contribution in [2.75, 3.05) is 79.3 Å². The molecule has 3 aliphatic heterocycles. The maximum atomic E-state index is 5.60. The molecule has 3 atom stereocenters. The molecule has 0 aromatic heterocycles. The Kier molecular flexibility index (Phi) is 27.1. The largest absolute Gasteiger partial charge is 0.379 e. The molecular weight excluding hydrogens is 512 g/mol. The fourth-order valence-electron chi connectivity index (χ4n) is 4.00. The second-order valence-corrected chi connectivity index (χ2v) is 10.7. The van der Waals surface area contributed by atoms with E-state index in [-0.39, 0.29) is 6.10 Å². The molecule has 3 heterocycles. The van der Waals surface area contributed by atoms with Crippen LogP contribution in [0.3, 0.4) is 0 Å². The molecule has 0 radical (unpaired) electrons. The molecule has 40 heavy (non-hydrogen) atoms. The van der Waals surface area contributed by atoms with Gasteiger partial charge in [0.1, 0.15) is 24.4 Å². The summed E-state index contributed by atoms with van der Waals surface area (Å²) in [6.45, 7) is 17.0. The molecule has 0 bridgehead atoms. The predicted molar refractivity (Wildman–Crippen MR) is 160 cm³/mol.